The van der Waals surface area contributed by atoms with Gasteiger partial charge in [-0.3, -0.25) is 9.59 Å². The Hall–Kier alpha value is -1.40. The molecule has 0 fully saturated rings. The predicted molar refractivity (Wildman–Crippen MR) is 87.7 cm³/mol. The molecular formula is C16H22BrNO4. The van der Waals surface area contributed by atoms with Crippen LogP contribution in [0.2, 0.25) is 0 Å². The van der Waals surface area contributed by atoms with Gasteiger partial charge in [-0.2, -0.15) is 0 Å². The Morgan fingerprint density at radius 3 is 2.41 bits per heavy atom. The molecule has 1 rings (SSSR count). The van der Waals surface area contributed by atoms with Gasteiger partial charge in [0.05, 0.1) is 13.0 Å². The molecule has 1 aromatic carbocycles. The second kappa shape index (κ2) is 9.58. The molecule has 1 atom stereocenters. The summed E-state index contributed by atoms with van der Waals surface area (Å²) in [7, 11) is 2.97. The first-order valence-corrected chi connectivity index (χ1v) is 7.90. The van der Waals surface area contributed by atoms with Crippen LogP contribution in [0.5, 0.6) is 0 Å². The minimum absolute atomic E-state index is 0.0978. The molecule has 0 aromatic heterocycles. The number of nitrogens with zero attached hydrogens (tertiary/aromatic N) is 1. The number of methoxy groups -OCH3 is 2. The van der Waals surface area contributed by atoms with Crippen LogP contribution in [-0.2, 0) is 14.3 Å². The Bertz CT molecular complexity index is 489. The van der Waals surface area contributed by atoms with Crippen LogP contribution >= 0.6 is 15.9 Å². The third kappa shape index (κ3) is 5.77. The van der Waals surface area contributed by atoms with Gasteiger partial charge in [-0.05, 0) is 30.7 Å². The van der Waals surface area contributed by atoms with Crippen molar-refractivity contribution in [3.63, 3.8) is 0 Å². The summed E-state index contributed by atoms with van der Waals surface area (Å²) in [6.07, 6.45) is 0.715. The molecule has 0 aliphatic heterocycles. The zero-order valence-corrected chi connectivity index (χ0v) is 14.8. The van der Waals surface area contributed by atoms with E-state index in [9.17, 15) is 9.59 Å². The van der Waals surface area contributed by atoms with Crippen molar-refractivity contribution in [1.82, 2.24) is 4.90 Å². The second-order valence-corrected chi connectivity index (χ2v) is 5.94. The van der Waals surface area contributed by atoms with Crippen molar-refractivity contribution in [2.75, 3.05) is 33.9 Å². The third-order valence-corrected chi connectivity index (χ3v) is 3.78. The summed E-state index contributed by atoms with van der Waals surface area (Å²) >= 11 is 3.35. The highest BCUT2D eigenvalue weighted by Gasteiger charge is 2.22. The van der Waals surface area contributed by atoms with Gasteiger partial charge in [0.2, 0.25) is 0 Å². The Labute approximate surface area is 139 Å². The van der Waals surface area contributed by atoms with Crippen LogP contribution in [0, 0.1) is 5.92 Å². The number of amides is 1. The number of ether oxygens (including phenoxy) is 2. The van der Waals surface area contributed by atoms with E-state index in [1.54, 1.807) is 31.1 Å². The van der Waals surface area contributed by atoms with Crippen molar-refractivity contribution >= 4 is 27.8 Å². The van der Waals surface area contributed by atoms with E-state index in [4.69, 9.17) is 9.47 Å². The largest absolute Gasteiger partial charge is 0.469 e. The summed E-state index contributed by atoms with van der Waals surface area (Å²) in [4.78, 5) is 25.9. The van der Waals surface area contributed by atoms with Gasteiger partial charge in [-0.1, -0.05) is 22.9 Å². The molecule has 0 radical (unpaired) electrons. The number of hydrogen-bond acceptors (Lipinski definition) is 4. The molecule has 0 saturated heterocycles. The fourth-order valence-corrected chi connectivity index (χ4v) is 2.32. The summed E-state index contributed by atoms with van der Waals surface area (Å²) in [5.41, 5.74) is 0.595. The zero-order valence-electron chi connectivity index (χ0n) is 13.2. The van der Waals surface area contributed by atoms with Gasteiger partial charge in [0.25, 0.3) is 5.91 Å². The number of halogens is 1. The highest BCUT2D eigenvalue weighted by atomic mass is 79.9. The molecule has 6 heteroatoms. The van der Waals surface area contributed by atoms with Gasteiger partial charge in [-0.15, -0.1) is 0 Å². The second-order valence-electron chi connectivity index (χ2n) is 5.03. The van der Waals surface area contributed by atoms with E-state index >= 15 is 0 Å². The van der Waals surface area contributed by atoms with Crippen molar-refractivity contribution in [1.29, 1.82) is 0 Å². The third-order valence-electron chi connectivity index (χ3n) is 3.25. The molecule has 1 aromatic rings. The minimum Gasteiger partial charge on any atom is -0.469 e. The van der Waals surface area contributed by atoms with Crippen LogP contribution in [0.25, 0.3) is 0 Å². The van der Waals surface area contributed by atoms with E-state index in [1.807, 2.05) is 12.1 Å². The van der Waals surface area contributed by atoms with Crippen molar-refractivity contribution in [2.24, 2.45) is 5.92 Å². The summed E-state index contributed by atoms with van der Waals surface area (Å²) in [6.45, 7) is 3.18. The van der Waals surface area contributed by atoms with Crippen LogP contribution in [0.15, 0.2) is 28.7 Å². The standard InChI is InChI=1S/C16H22BrNO4/c1-12(16(20)22-3)11-18(9-4-10-21-2)15(19)13-5-7-14(17)8-6-13/h5-8,12H,4,9-11H2,1-3H3. The van der Waals surface area contributed by atoms with E-state index in [0.717, 1.165) is 4.47 Å². The van der Waals surface area contributed by atoms with Gasteiger partial charge in [-0.25, -0.2) is 0 Å². The molecule has 0 spiro atoms. The van der Waals surface area contributed by atoms with E-state index < -0.39 is 0 Å². The molecule has 0 N–H and O–H groups in total. The number of rotatable bonds is 8. The Kier molecular flexibility index (Phi) is 8.12. The lowest BCUT2D eigenvalue weighted by molar-refractivity contribution is -0.145. The molecule has 1 unspecified atom stereocenters. The first kappa shape index (κ1) is 18.6. The normalized spacial score (nSPS) is 11.8. The number of esters is 1. The summed E-state index contributed by atoms with van der Waals surface area (Å²) < 4.78 is 10.7. The van der Waals surface area contributed by atoms with Gasteiger partial charge >= 0.3 is 5.97 Å². The lowest BCUT2D eigenvalue weighted by Crippen LogP contribution is -2.38. The zero-order chi connectivity index (χ0) is 16.5. The SMILES string of the molecule is COCCCN(CC(C)C(=O)OC)C(=O)c1ccc(Br)cc1. The van der Waals surface area contributed by atoms with E-state index in [0.29, 0.717) is 31.7 Å². The topological polar surface area (TPSA) is 55.8 Å². The highest BCUT2D eigenvalue weighted by Crippen LogP contribution is 2.14. The number of carbonyl (C=O) groups is 2. The van der Waals surface area contributed by atoms with Gasteiger partial charge in [0.15, 0.2) is 0 Å². The van der Waals surface area contributed by atoms with Gasteiger partial charge < -0.3 is 14.4 Å². The molecule has 0 heterocycles. The molecule has 122 valence electrons. The first-order chi connectivity index (χ1) is 10.5. The van der Waals surface area contributed by atoms with E-state index in [1.165, 1.54) is 7.11 Å². The molecule has 22 heavy (non-hydrogen) atoms. The van der Waals surface area contributed by atoms with E-state index in [-0.39, 0.29) is 17.8 Å². The number of hydrogen-bond donors (Lipinski definition) is 0. The maximum Gasteiger partial charge on any atom is 0.310 e. The first-order valence-electron chi connectivity index (χ1n) is 7.11. The van der Waals surface area contributed by atoms with Crippen molar-refractivity contribution < 1.29 is 19.1 Å². The molecule has 0 aliphatic rings. The Morgan fingerprint density at radius 1 is 1.23 bits per heavy atom. The van der Waals surface area contributed by atoms with Crippen molar-refractivity contribution in [3.05, 3.63) is 34.3 Å². The molecule has 0 saturated carbocycles. The highest BCUT2D eigenvalue weighted by molar-refractivity contribution is 9.10. The van der Waals surface area contributed by atoms with Crippen LogP contribution in [0.4, 0.5) is 0 Å². The van der Waals surface area contributed by atoms with Crippen LogP contribution in [-0.4, -0.2) is 50.7 Å². The molecule has 1 amide bonds. The monoisotopic (exact) mass is 371 g/mol. The maximum absolute atomic E-state index is 12.6. The van der Waals surface area contributed by atoms with Gasteiger partial charge in [0, 0.05) is 36.8 Å². The van der Waals surface area contributed by atoms with Crippen molar-refractivity contribution in [2.45, 2.75) is 13.3 Å². The minimum atomic E-state index is -0.369. The fraction of sp³-hybridized carbons (Fsp3) is 0.500. The average molecular weight is 372 g/mol. The molecule has 5 nitrogen and oxygen atoms in total. The predicted octanol–water partition coefficient (Wildman–Crippen LogP) is 2.74. The van der Waals surface area contributed by atoms with Crippen LogP contribution < -0.4 is 0 Å². The Morgan fingerprint density at radius 2 is 1.86 bits per heavy atom. The summed E-state index contributed by atoms with van der Waals surface area (Å²) in [5.74, 6) is -0.786. The quantitative estimate of drug-likeness (QED) is 0.520. The average Bonchev–Trinajstić information content (AvgIpc) is 2.53. The van der Waals surface area contributed by atoms with E-state index in [2.05, 4.69) is 15.9 Å². The smallest absolute Gasteiger partial charge is 0.310 e. The van der Waals surface area contributed by atoms with Crippen LogP contribution in [0.1, 0.15) is 23.7 Å². The Balaban J connectivity index is 2.81. The van der Waals surface area contributed by atoms with Gasteiger partial charge in [0.1, 0.15) is 0 Å². The number of benzene rings is 1. The van der Waals surface area contributed by atoms with Crippen molar-refractivity contribution in [3.8, 4) is 0 Å². The fourth-order valence-electron chi connectivity index (χ4n) is 2.06. The summed E-state index contributed by atoms with van der Waals surface area (Å²) in [5, 5.41) is 0. The number of carbonyl (C=O) groups excluding carboxylic acids is 2. The molecule has 0 bridgehead atoms. The van der Waals surface area contributed by atoms with Crippen LogP contribution in [0.3, 0.4) is 0 Å². The lowest BCUT2D eigenvalue weighted by atomic mass is 10.1. The maximum atomic E-state index is 12.6. The lowest BCUT2D eigenvalue weighted by Gasteiger charge is -2.25. The molecular weight excluding hydrogens is 350 g/mol. The summed E-state index contributed by atoms with van der Waals surface area (Å²) in [6, 6.07) is 7.17. The molecule has 0 aliphatic carbocycles.